The zero-order valence-corrected chi connectivity index (χ0v) is 14.1. The van der Waals surface area contributed by atoms with Crippen molar-refractivity contribution in [1.29, 1.82) is 0 Å². The van der Waals surface area contributed by atoms with Gasteiger partial charge in [-0.1, -0.05) is 6.08 Å². The fourth-order valence-corrected chi connectivity index (χ4v) is 1.36. The summed E-state index contributed by atoms with van der Waals surface area (Å²) in [7, 11) is 0. The highest BCUT2D eigenvalue weighted by molar-refractivity contribution is 5.86. The predicted molar refractivity (Wildman–Crippen MR) is 82.2 cm³/mol. The van der Waals surface area contributed by atoms with Crippen molar-refractivity contribution in [3.8, 4) is 0 Å². The van der Waals surface area contributed by atoms with Crippen molar-refractivity contribution in [2.24, 2.45) is 0 Å². The van der Waals surface area contributed by atoms with E-state index in [-0.39, 0.29) is 11.9 Å². The van der Waals surface area contributed by atoms with Crippen LogP contribution in [-0.2, 0) is 19.1 Å². The van der Waals surface area contributed by atoms with E-state index in [1.807, 2.05) is 0 Å². The first kappa shape index (κ1) is 19.9. The van der Waals surface area contributed by atoms with Crippen LogP contribution in [0, 0.1) is 0 Å². The molecule has 0 aromatic carbocycles. The largest absolute Gasteiger partial charge is 0.463 e. The molecule has 0 aromatic rings. The Balaban J connectivity index is 4.30. The first-order chi connectivity index (χ1) is 10.0. The van der Waals surface area contributed by atoms with Gasteiger partial charge in [-0.15, -0.1) is 0 Å². The Morgan fingerprint density at radius 1 is 1.14 bits per heavy atom. The Hall–Kier alpha value is -2.05. The SMILES string of the molecule is CCOC(=O)/C=C/C(C)NC(=O)C(C)NC(=O)OC(C)(C)C. The standard InChI is InChI=1S/C15H26N2O5/c1-7-21-12(18)9-8-10(2)16-13(19)11(3)17-14(20)22-15(4,5)6/h8-11H,7H2,1-6H3,(H,16,19)(H,17,20)/b9-8+. The maximum absolute atomic E-state index is 11.9. The van der Waals surface area contributed by atoms with Gasteiger partial charge in [-0.3, -0.25) is 4.79 Å². The number of hydrogen-bond acceptors (Lipinski definition) is 5. The van der Waals surface area contributed by atoms with Crippen LogP contribution in [0.4, 0.5) is 4.79 Å². The van der Waals surface area contributed by atoms with Crippen molar-refractivity contribution < 1.29 is 23.9 Å². The van der Waals surface area contributed by atoms with E-state index in [0.29, 0.717) is 6.61 Å². The molecule has 0 aliphatic rings. The fraction of sp³-hybridized carbons (Fsp3) is 0.667. The number of amides is 2. The average molecular weight is 314 g/mol. The van der Waals surface area contributed by atoms with E-state index in [1.54, 1.807) is 41.5 Å². The molecule has 0 aromatic heterocycles. The molecule has 0 bridgehead atoms. The molecule has 0 fully saturated rings. The maximum Gasteiger partial charge on any atom is 0.408 e. The molecule has 0 saturated heterocycles. The highest BCUT2D eigenvalue weighted by Crippen LogP contribution is 2.06. The second-order valence-electron chi connectivity index (χ2n) is 5.78. The normalized spacial score (nSPS) is 14.1. The van der Waals surface area contributed by atoms with Gasteiger partial charge in [-0.2, -0.15) is 0 Å². The lowest BCUT2D eigenvalue weighted by atomic mass is 10.2. The molecule has 0 radical (unpaired) electrons. The van der Waals surface area contributed by atoms with E-state index in [1.165, 1.54) is 12.2 Å². The highest BCUT2D eigenvalue weighted by atomic mass is 16.6. The zero-order valence-electron chi connectivity index (χ0n) is 14.1. The summed E-state index contributed by atoms with van der Waals surface area (Å²) in [6.07, 6.45) is 2.10. The van der Waals surface area contributed by atoms with Crippen LogP contribution in [0.15, 0.2) is 12.2 Å². The van der Waals surface area contributed by atoms with Crippen molar-refractivity contribution in [1.82, 2.24) is 10.6 Å². The van der Waals surface area contributed by atoms with E-state index in [0.717, 1.165) is 0 Å². The summed E-state index contributed by atoms with van der Waals surface area (Å²) in [5.74, 6) is -0.851. The summed E-state index contributed by atoms with van der Waals surface area (Å²) in [6, 6.07) is -1.13. The Bertz CT molecular complexity index is 426. The highest BCUT2D eigenvalue weighted by Gasteiger charge is 2.21. The average Bonchev–Trinajstić information content (AvgIpc) is 2.34. The molecule has 2 amide bonds. The van der Waals surface area contributed by atoms with E-state index in [2.05, 4.69) is 10.6 Å². The first-order valence-corrected chi connectivity index (χ1v) is 7.20. The fourth-order valence-electron chi connectivity index (χ4n) is 1.36. The number of carbonyl (C=O) groups excluding carboxylic acids is 3. The third-order valence-corrected chi connectivity index (χ3v) is 2.30. The number of nitrogens with one attached hydrogen (secondary N) is 2. The van der Waals surface area contributed by atoms with Crippen LogP contribution >= 0.6 is 0 Å². The third kappa shape index (κ3) is 9.79. The lowest BCUT2D eigenvalue weighted by Gasteiger charge is -2.22. The molecule has 2 N–H and O–H groups in total. The zero-order chi connectivity index (χ0) is 17.3. The Labute approximate surface area is 131 Å². The molecule has 7 heteroatoms. The summed E-state index contributed by atoms with van der Waals surface area (Å²) >= 11 is 0. The van der Waals surface area contributed by atoms with Crippen LogP contribution < -0.4 is 10.6 Å². The Morgan fingerprint density at radius 3 is 2.23 bits per heavy atom. The number of ether oxygens (including phenoxy) is 2. The molecule has 22 heavy (non-hydrogen) atoms. The number of rotatable bonds is 6. The van der Waals surface area contributed by atoms with Crippen molar-refractivity contribution >= 4 is 18.0 Å². The molecule has 0 spiro atoms. The molecular formula is C15H26N2O5. The number of alkyl carbamates (subject to hydrolysis) is 1. The minimum Gasteiger partial charge on any atom is -0.463 e. The molecule has 2 atom stereocenters. The van der Waals surface area contributed by atoms with Crippen molar-refractivity contribution in [3.05, 3.63) is 12.2 Å². The summed E-state index contributed by atoms with van der Waals surface area (Å²) < 4.78 is 9.80. The van der Waals surface area contributed by atoms with Crippen molar-refractivity contribution in [2.45, 2.75) is 59.2 Å². The number of esters is 1. The number of carbonyl (C=O) groups is 3. The van der Waals surface area contributed by atoms with Crippen LogP contribution in [-0.4, -0.2) is 42.3 Å². The van der Waals surface area contributed by atoms with Gasteiger partial charge in [0.05, 0.1) is 6.61 Å². The molecule has 0 rings (SSSR count). The van der Waals surface area contributed by atoms with Gasteiger partial charge in [0.25, 0.3) is 0 Å². The van der Waals surface area contributed by atoms with Crippen LogP contribution in [0.1, 0.15) is 41.5 Å². The quantitative estimate of drug-likeness (QED) is 0.573. The monoisotopic (exact) mass is 314 g/mol. The van der Waals surface area contributed by atoms with E-state index in [4.69, 9.17) is 9.47 Å². The smallest absolute Gasteiger partial charge is 0.408 e. The molecule has 0 aliphatic carbocycles. The summed E-state index contributed by atoms with van der Waals surface area (Å²) in [5, 5.41) is 5.08. The lowest BCUT2D eigenvalue weighted by Crippen LogP contribution is -2.48. The Kier molecular flexibility index (Phi) is 8.22. The van der Waals surface area contributed by atoms with E-state index >= 15 is 0 Å². The van der Waals surface area contributed by atoms with Gasteiger partial charge in [0, 0.05) is 12.1 Å². The third-order valence-electron chi connectivity index (χ3n) is 2.30. The van der Waals surface area contributed by atoms with Gasteiger partial charge < -0.3 is 20.1 Å². The van der Waals surface area contributed by atoms with Gasteiger partial charge in [-0.05, 0) is 41.5 Å². The second kappa shape index (κ2) is 9.07. The second-order valence-corrected chi connectivity index (χ2v) is 5.78. The van der Waals surface area contributed by atoms with Gasteiger partial charge in [0.15, 0.2) is 0 Å². The van der Waals surface area contributed by atoms with Crippen LogP contribution in [0.3, 0.4) is 0 Å². The van der Waals surface area contributed by atoms with Gasteiger partial charge in [0.2, 0.25) is 5.91 Å². The summed E-state index contributed by atoms with van der Waals surface area (Å²) in [6.45, 7) is 10.5. The first-order valence-electron chi connectivity index (χ1n) is 7.20. The van der Waals surface area contributed by atoms with E-state index in [9.17, 15) is 14.4 Å². The lowest BCUT2D eigenvalue weighted by molar-refractivity contribution is -0.137. The Morgan fingerprint density at radius 2 is 1.73 bits per heavy atom. The van der Waals surface area contributed by atoms with Crippen LogP contribution in [0.2, 0.25) is 0 Å². The minimum atomic E-state index is -0.756. The molecule has 0 heterocycles. The van der Waals surface area contributed by atoms with Gasteiger partial charge in [-0.25, -0.2) is 9.59 Å². The molecule has 126 valence electrons. The van der Waals surface area contributed by atoms with E-state index < -0.39 is 23.7 Å². The molecule has 2 unspecified atom stereocenters. The number of hydrogen-bond donors (Lipinski definition) is 2. The summed E-state index contributed by atoms with van der Waals surface area (Å²) in [4.78, 5) is 34.6. The molecule has 0 saturated carbocycles. The predicted octanol–water partition coefficient (Wildman–Crippen LogP) is 1.52. The van der Waals surface area contributed by atoms with Gasteiger partial charge >= 0.3 is 12.1 Å². The van der Waals surface area contributed by atoms with Crippen molar-refractivity contribution in [3.63, 3.8) is 0 Å². The topological polar surface area (TPSA) is 93.7 Å². The molecule has 0 aliphatic heterocycles. The molecule has 7 nitrogen and oxygen atoms in total. The minimum absolute atomic E-state index is 0.292. The van der Waals surface area contributed by atoms with Gasteiger partial charge in [0.1, 0.15) is 11.6 Å². The molecular weight excluding hydrogens is 288 g/mol. The maximum atomic E-state index is 11.9. The van der Waals surface area contributed by atoms with Crippen molar-refractivity contribution in [2.75, 3.05) is 6.61 Å². The van der Waals surface area contributed by atoms with Crippen LogP contribution in [0.5, 0.6) is 0 Å². The summed E-state index contributed by atoms with van der Waals surface area (Å²) in [5.41, 5.74) is -0.629. The van der Waals surface area contributed by atoms with Crippen LogP contribution in [0.25, 0.3) is 0 Å².